The molecule has 7 nitrogen and oxygen atoms in total. The van der Waals surface area contributed by atoms with Crippen LogP contribution in [0.15, 0.2) is 31.0 Å². The van der Waals surface area contributed by atoms with Crippen LogP contribution >= 0.6 is 0 Å². The maximum Gasteiger partial charge on any atom is 0.343 e. The zero-order valence-corrected chi connectivity index (χ0v) is 16.1. The van der Waals surface area contributed by atoms with Crippen LogP contribution in [0.25, 0.3) is 17.0 Å². The molecule has 2 saturated carbocycles. The molecule has 0 aliphatic heterocycles. The van der Waals surface area contributed by atoms with Crippen molar-refractivity contribution in [1.29, 1.82) is 0 Å². The molecular weight excluding hydrogens is 354 g/mol. The van der Waals surface area contributed by atoms with Crippen molar-refractivity contribution >= 4 is 11.6 Å². The van der Waals surface area contributed by atoms with Crippen molar-refractivity contribution in [3.63, 3.8) is 0 Å². The molecule has 0 aromatic carbocycles. The van der Waals surface area contributed by atoms with Crippen molar-refractivity contribution in [1.82, 2.24) is 24.1 Å². The minimum Gasteiger partial charge on any atom is -0.462 e. The fourth-order valence-electron chi connectivity index (χ4n) is 5.23. The minimum absolute atomic E-state index is 0.328. The van der Waals surface area contributed by atoms with Gasteiger partial charge in [-0.05, 0) is 43.9 Å². The van der Waals surface area contributed by atoms with Crippen LogP contribution in [0, 0.1) is 17.8 Å². The summed E-state index contributed by atoms with van der Waals surface area (Å²) in [6, 6.07) is 0. The standard InChI is InChI=1S/C21H25N5O2/c1-2-28-21(27)18-11-24-26-13-16(10-23-20(18)26)19-22-8-9-25(19)12-15-7-6-14-4-3-5-17(14)15/h8-11,13-15,17H,2-7,12H2,1H3/t14-,15+,17-/m1/s1. The number of hydrogen-bond donors (Lipinski definition) is 0. The normalized spacial score (nSPS) is 24.0. The van der Waals surface area contributed by atoms with E-state index in [1.165, 1.54) is 38.3 Å². The van der Waals surface area contributed by atoms with E-state index in [4.69, 9.17) is 4.74 Å². The summed E-state index contributed by atoms with van der Waals surface area (Å²) < 4.78 is 8.96. The molecule has 3 aromatic rings. The van der Waals surface area contributed by atoms with Crippen LogP contribution in [0.3, 0.4) is 0 Å². The third-order valence-electron chi connectivity index (χ3n) is 6.49. The highest BCUT2D eigenvalue weighted by Crippen LogP contribution is 2.48. The lowest BCUT2D eigenvalue weighted by Crippen LogP contribution is -2.16. The molecule has 7 heteroatoms. The zero-order valence-electron chi connectivity index (χ0n) is 16.1. The predicted octanol–water partition coefficient (Wildman–Crippen LogP) is 3.60. The first kappa shape index (κ1) is 17.4. The van der Waals surface area contributed by atoms with Crippen LogP contribution in [0.1, 0.15) is 49.4 Å². The Labute approximate surface area is 163 Å². The maximum atomic E-state index is 12.0. The molecule has 5 rings (SSSR count). The fraction of sp³-hybridized carbons (Fsp3) is 0.524. The summed E-state index contributed by atoms with van der Waals surface area (Å²) in [7, 11) is 0. The third-order valence-corrected chi connectivity index (χ3v) is 6.49. The third kappa shape index (κ3) is 2.89. The van der Waals surface area contributed by atoms with Gasteiger partial charge in [-0.15, -0.1) is 0 Å². The van der Waals surface area contributed by atoms with Gasteiger partial charge in [0, 0.05) is 31.3 Å². The quantitative estimate of drug-likeness (QED) is 0.633. The fourth-order valence-corrected chi connectivity index (χ4v) is 5.23. The molecule has 3 heterocycles. The Hall–Kier alpha value is -2.70. The number of hydrogen-bond acceptors (Lipinski definition) is 5. The molecule has 3 aromatic heterocycles. The van der Waals surface area contributed by atoms with E-state index in [2.05, 4.69) is 25.8 Å². The summed E-state index contributed by atoms with van der Waals surface area (Å²) in [4.78, 5) is 21.1. The van der Waals surface area contributed by atoms with Crippen molar-refractivity contribution in [2.75, 3.05) is 6.61 Å². The van der Waals surface area contributed by atoms with Crippen molar-refractivity contribution < 1.29 is 9.53 Å². The highest BCUT2D eigenvalue weighted by Gasteiger charge is 2.39. The van der Waals surface area contributed by atoms with E-state index in [1.807, 2.05) is 12.4 Å². The molecule has 28 heavy (non-hydrogen) atoms. The van der Waals surface area contributed by atoms with Crippen LogP contribution in [-0.4, -0.2) is 36.7 Å². The Morgan fingerprint density at radius 3 is 3.04 bits per heavy atom. The highest BCUT2D eigenvalue weighted by atomic mass is 16.5. The number of ether oxygens (including phenoxy) is 1. The molecule has 0 bridgehead atoms. The Balaban J connectivity index is 1.42. The van der Waals surface area contributed by atoms with E-state index in [0.717, 1.165) is 35.7 Å². The second kappa shape index (κ2) is 7.04. The lowest BCUT2D eigenvalue weighted by molar-refractivity contribution is 0.0528. The summed E-state index contributed by atoms with van der Waals surface area (Å²) in [5.41, 5.74) is 1.79. The van der Waals surface area contributed by atoms with E-state index >= 15 is 0 Å². The van der Waals surface area contributed by atoms with E-state index in [9.17, 15) is 4.79 Å². The predicted molar refractivity (Wildman–Crippen MR) is 104 cm³/mol. The summed E-state index contributed by atoms with van der Waals surface area (Å²) >= 11 is 0. The zero-order chi connectivity index (χ0) is 19.1. The number of aromatic nitrogens is 5. The van der Waals surface area contributed by atoms with Crippen molar-refractivity contribution in [3.8, 4) is 11.4 Å². The summed E-state index contributed by atoms with van der Waals surface area (Å²) in [5.74, 6) is 3.09. The van der Waals surface area contributed by atoms with Gasteiger partial charge in [-0.25, -0.2) is 19.3 Å². The van der Waals surface area contributed by atoms with Gasteiger partial charge in [-0.2, -0.15) is 5.10 Å². The second-order valence-corrected chi connectivity index (χ2v) is 7.99. The average Bonchev–Trinajstić information content (AvgIpc) is 3.47. The number of carbonyl (C=O) groups excluding carboxylic acids is 1. The van der Waals surface area contributed by atoms with Crippen molar-refractivity contribution in [2.24, 2.45) is 17.8 Å². The minimum atomic E-state index is -0.397. The summed E-state index contributed by atoms with van der Waals surface area (Å²) in [5, 5.41) is 4.29. The monoisotopic (exact) mass is 379 g/mol. The second-order valence-electron chi connectivity index (χ2n) is 7.99. The molecule has 0 N–H and O–H groups in total. The van der Waals surface area contributed by atoms with E-state index in [0.29, 0.717) is 17.8 Å². The number of rotatable bonds is 5. The smallest absolute Gasteiger partial charge is 0.343 e. The largest absolute Gasteiger partial charge is 0.462 e. The highest BCUT2D eigenvalue weighted by molar-refractivity contribution is 5.95. The number of fused-ring (bicyclic) bond motifs is 2. The van der Waals surface area contributed by atoms with Gasteiger partial charge in [0.05, 0.1) is 18.4 Å². The SMILES string of the molecule is CCOC(=O)c1cnn2cc(-c3nccn3C[C@@H]3CC[C@H]4CCC[C@H]43)cnc12. The first-order valence-corrected chi connectivity index (χ1v) is 10.3. The van der Waals surface area contributed by atoms with Crippen LogP contribution in [0.4, 0.5) is 0 Å². The van der Waals surface area contributed by atoms with Crippen LogP contribution in [0.2, 0.25) is 0 Å². The first-order valence-electron chi connectivity index (χ1n) is 10.3. The number of nitrogens with zero attached hydrogens (tertiary/aromatic N) is 5. The molecule has 0 spiro atoms. The maximum absolute atomic E-state index is 12.0. The van der Waals surface area contributed by atoms with Crippen LogP contribution in [-0.2, 0) is 11.3 Å². The van der Waals surface area contributed by atoms with Crippen molar-refractivity contribution in [2.45, 2.75) is 45.6 Å². The number of imidazole rings is 1. The summed E-state index contributed by atoms with van der Waals surface area (Å²) in [6.07, 6.45) is 16.0. The number of carbonyl (C=O) groups is 1. The van der Waals surface area contributed by atoms with Crippen LogP contribution in [0.5, 0.6) is 0 Å². The molecule has 2 fully saturated rings. The molecule has 2 aliphatic carbocycles. The molecule has 0 radical (unpaired) electrons. The van der Waals surface area contributed by atoms with Gasteiger partial charge in [0.15, 0.2) is 5.65 Å². The molecule has 0 amide bonds. The lowest BCUT2D eigenvalue weighted by Gasteiger charge is -2.20. The van der Waals surface area contributed by atoms with Gasteiger partial charge in [-0.3, -0.25) is 0 Å². The van der Waals surface area contributed by atoms with E-state index in [-0.39, 0.29) is 0 Å². The first-order chi connectivity index (χ1) is 13.7. The Bertz CT molecular complexity index is 1010. The molecule has 2 aliphatic rings. The average molecular weight is 379 g/mol. The Kier molecular flexibility index (Phi) is 4.37. The van der Waals surface area contributed by atoms with Gasteiger partial charge >= 0.3 is 5.97 Å². The van der Waals surface area contributed by atoms with Crippen molar-refractivity contribution in [3.05, 3.63) is 36.5 Å². The molecular formula is C21H25N5O2. The molecule has 0 saturated heterocycles. The topological polar surface area (TPSA) is 74.3 Å². The van der Waals surface area contributed by atoms with Crippen LogP contribution < -0.4 is 0 Å². The van der Waals surface area contributed by atoms with Gasteiger partial charge in [-0.1, -0.05) is 12.8 Å². The molecule has 0 unspecified atom stereocenters. The van der Waals surface area contributed by atoms with Gasteiger partial charge in [0.1, 0.15) is 11.4 Å². The summed E-state index contributed by atoms with van der Waals surface area (Å²) in [6.45, 7) is 3.13. The van der Waals surface area contributed by atoms with Gasteiger partial charge in [0.25, 0.3) is 0 Å². The van der Waals surface area contributed by atoms with Gasteiger partial charge in [0.2, 0.25) is 0 Å². The Morgan fingerprint density at radius 2 is 2.14 bits per heavy atom. The molecule has 3 atom stereocenters. The van der Waals surface area contributed by atoms with Gasteiger partial charge < -0.3 is 9.30 Å². The molecule has 146 valence electrons. The van der Waals surface area contributed by atoms with E-state index in [1.54, 1.807) is 17.6 Å². The lowest BCUT2D eigenvalue weighted by atomic mass is 9.92. The Morgan fingerprint density at radius 1 is 1.21 bits per heavy atom. The number of esters is 1. The van der Waals surface area contributed by atoms with E-state index < -0.39 is 5.97 Å².